The van der Waals surface area contributed by atoms with Crippen molar-refractivity contribution in [1.29, 1.82) is 5.26 Å². The maximum atomic E-state index is 13.3. The van der Waals surface area contributed by atoms with Gasteiger partial charge in [0.05, 0.1) is 33.9 Å². The second-order valence-corrected chi connectivity index (χ2v) is 19.7. The molecule has 3 saturated heterocycles. The van der Waals surface area contributed by atoms with Crippen molar-refractivity contribution in [3.05, 3.63) is 110 Å². The molecule has 0 radical (unpaired) electrons. The van der Waals surface area contributed by atoms with Gasteiger partial charge in [-0.2, -0.15) is 18.4 Å². The number of aliphatic carboxylic acids is 1. The lowest BCUT2D eigenvalue weighted by Gasteiger charge is -2.56. The van der Waals surface area contributed by atoms with Crippen molar-refractivity contribution in [2.45, 2.75) is 108 Å². The highest BCUT2D eigenvalue weighted by molar-refractivity contribution is 6.32. The van der Waals surface area contributed by atoms with Crippen molar-refractivity contribution in [2.24, 2.45) is 12.5 Å². The number of fused-ring (bicyclic) bond motifs is 1. The number of ether oxygens (including phenoxy) is 2. The van der Waals surface area contributed by atoms with Crippen LogP contribution in [0.4, 0.5) is 19.1 Å². The number of carboxylic acid groups (broad SMARTS) is 1. The molecule has 3 aromatic carbocycles. The lowest BCUT2D eigenvalue weighted by Crippen LogP contribution is -2.56. The number of likely N-dealkylation sites (tertiary alicyclic amines) is 1. The molecule has 2 aromatic heterocycles. The van der Waals surface area contributed by atoms with Crippen LogP contribution < -0.4 is 25.4 Å². The van der Waals surface area contributed by atoms with Crippen LogP contribution in [0.15, 0.2) is 71.7 Å². The molecule has 9 rings (SSSR count). The van der Waals surface area contributed by atoms with Crippen molar-refractivity contribution < 1.29 is 42.1 Å². The van der Waals surface area contributed by atoms with Gasteiger partial charge < -0.3 is 24.4 Å². The summed E-state index contributed by atoms with van der Waals surface area (Å²) in [7, 11) is 1.76. The van der Waals surface area contributed by atoms with Gasteiger partial charge in [-0.15, -0.1) is 0 Å². The number of halogens is 4. The van der Waals surface area contributed by atoms with Gasteiger partial charge in [0, 0.05) is 44.2 Å². The van der Waals surface area contributed by atoms with Gasteiger partial charge in [0.2, 0.25) is 17.8 Å². The van der Waals surface area contributed by atoms with Crippen molar-refractivity contribution >= 4 is 46.4 Å². The van der Waals surface area contributed by atoms with Gasteiger partial charge in [-0.05, 0) is 135 Å². The summed E-state index contributed by atoms with van der Waals surface area (Å²) in [6.45, 7) is 10.9. The number of anilines is 1. The van der Waals surface area contributed by atoms with Crippen LogP contribution in [-0.2, 0) is 33.5 Å². The monoisotopic (exact) mass is 984 g/mol. The first-order valence-electron chi connectivity index (χ1n) is 23.6. The summed E-state index contributed by atoms with van der Waals surface area (Å²) in [6.07, 6.45) is 4.24. The van der Waals surface area contributed by atoms with E-state index in [1.165, 1.54) is 18.4 Å². The minimum absolute atomic E-state index is 0.229. The Labute approximate surface area is 408 Å². The van der Waals surface area contributed by atoms with E-state index in [0.29, 0.717) is 53.3 Å². The Hall–Kier alpha value is -6.45. The number of rotatable bonds is 11. The van der Waals surface area contributed by atoms with Gasteiger partial charge in [-0.1, -0.05) is 43.6 Å². The third-order valence-electron chi connectivity index (χ3n) is 14.7. The van der Waals surface area contributed by atoms with Crippen LogP contribution in [0.25, 0.3) is 11.0 Å². The van der Waals surface area contributed by atoms with Crippen molar-refractivity contribution in [3.63, 3.8) is 0 Å². The predicted molar refractivity (Wildman–Crippen MR) is 255 cm³/mol. The standard InChI is InChI=1S/C49H55ClN8O5.C2HF3O2/c1-5-62-44-33(29-51)24-35(26-39(44)50)48(2,3)34-7-9-38(10-8-34)63-30-36-14-19-52-46(53-36)57-22-17-49(18-23-57)27-37(28-49)56-20-15-31(16-21-56)32-6-11-40-42(25-32)55(4)47(61)58(40)41-12-13-43(59)54-45(41)60;3-2(4,5)1(6)7/h6-11,14,19,24-26,31,37,41H,5,12-13,15-18,20-23,27-28,30H2,1-4H3,(H,54,59,60);(H,6,7). The van der Waals surface area contributed by atoms with Crippen molar-refractivity contribution in [1.82, 2.24) is 29.3 Å². The molecule has 370 valence electrons. The molecule has 3 aliphatic heterocycles. The van der Waals surface area contributed by atoms with E-state index >= 15 is 0 Å². The van der Waals surface area contributed by atoms with E-state index in [4.69, 9.17) is 36.0 Å². The van der Waals surface area contributed by atoms with Crippen LogP contribution in [0.3, 0.4) is 0 Å². The van der Waals surface area contributed by atoms with Crippen LogP contribution in [-0.4, -0.2) is 91.9 Å². The van der Waals surface area contributed by atoms with Crippen LogP contribution in [0.2, 0.25) is 5.02 Å². The number of amides is 2. The average Bonchev–Trinajstić information content (AvgIpc) is 3.58. The molecular weight excluding hydrogens is 929 g/mol. The highest BCUT2D eigenvalue weighted by Crippen LogP contribution is 2.52. The van der Waals surface area contributed by atoms with E-state index < -0.39 is 29.5 Å². The van der Waals surface area contributed by atoms with E-state index in [1.807, 2.05) is 49.5 Å². The lowest BCUT2D eigenvalue weighted by atomic mass is 9.59. The number of piperidine rings is 3. The molecule has 4 aliphatic rings. The van der Waals surface area contributed by atoms with Crippen molar-refractivity contribution in [3.8, 4) is 17.6 Å². The number of aryl methyl sites for hydroxylation is 1. The molecule has 19 heteroatoms. The number of nitriles is 1. The van der Waals surface area contributed by atoms with E-state index in [0.717, 1.165) is 91.4 Å². The second kappa shape index (κ2) is 20.1. The highest BCUT2D eigenvalue weighted by atomic mass is 35.5. The Balaban J connectivity index is 0.000000876. The quantitative estimate of drug-likeness (QED) is 0.121. The molecule has 1 saturated carbocycles. The van der Waals surface area contributed by atoms with E-state index in [1.54, 1.807) is 16.2 Å². The maximum absolute atomic E-state index is 13.3. The van der Waals surface area contributed by atoms with Gasteiger partial charge >= 0.3 is 17.8 Å². The number of hydrogen-bond acceptors (Lipinski definition) is 11. The number of nitrogens with zero attached hydrogens (tertiary/aromatic N) is 7. The summed E-state index contributed by atoms with van der Waals surface area (Å²) in [5.41, 5.74) is 5.81. The van der Waals surface area contributed by atoms with Crippen LogP contribution >= 0.6 is 11.6 Å². The molecule has 0 bridgehead atoms. The molecule has 1 atom stereocenters. The topological polar surface area (TPSA) is 185 Å². The van der Waals surface area contributed by atoms with Gasteiger partial charge in [0.1, 0.15) is 24.5 Å². The number of carboxylic acids is 1. The normalized spacial score (nSPS) is 19.0. The predicted octanol–water partition coefficient (Wildman–Crippen LogP) is 8.20. The molecule has 2 amide bonds. The summed E-state index contributed by atoms with van der Waals surface area (Å²) in [6, 6.07) is 22.1. The Morgan fingerprint density at radius 2 is 1.63 bits per heavy atom. The fourth-order valence-electron chi connectivity index (χ4n) is 10.5. The number of nitrogens with one attached hydrogen (secondary N) is 1. The second-order valence-electron chi connectivity index (χ2n) is 19.3. The molecule has 15 nitrogen and oxygen atoms in total. The zero-order valence-electron chi connectivity index (χ0n) is 39.5. The lowest BCUT2D eigenvalue weighted by molar-refractivity contribution is -0.192. The number of imidazole rings is 1. The molecule has 1 aliphatic carbocycles. The van der Waals surface area contributed by atoms with Crippen molar-refractivity contribution in [2.75, 3.05) is 37.7 Å². The van der Waals surface area contributed by atoms with E-state index in [9.17, 15) is 32.8 Å². The Morgan fingerprint density at radius 3 is 2.26 bits per heavy atom. The highest BCUT2D eigenvalue weighted by Gasteiger charge is 2.48. The molecule has 1 spiro atoms. The molecule has 2 N–H and O–H groups in total. The molecule has 4 fully saturated rings. The number of carbonyl (C=O) groups is 3. The van der Waals surface area contributed by atoms with Gasteiger partial charge in [-0.3, -0.25) is 24.0 Å². The summed E-state index contributed by atoms with van der Waals surface area (Å²) >= 11 is 6.55. The number of hydrogen-bond donors (Lipinski definition) is 2. The van der Waals surface area contributed by atoms with Crippen LogP contribution in [0, 0.1) is 16.7 Å². The summed E-state index contributed by atoms with van der Waals surface area (Å²) in [5.74, 6) is -1.10. The van der Waals surface area contributed by atoms with Crippen LogP contribution in [0.5, 0.6) is 11.5 Å². The zero-order valence-corrected chi connectivity index (χ0v) is 40.3. The molecule has 70 heavy (non-hydrogen) atoms. The Kier molecular flexibility index (Phi) is 14.4. The SMILES string of the molecule is CCOc1c(Cl)cc(C(C)(C)c2ccc(OCc3ccnc(N4CCC5(CC4)CC(N4CCC(c6ccc7c(c6)n(C)c(=O)n7C6CCC(=O)NC6=O)CC4)C5)n3)cc2)cc1C#N.O=C(O)C(F)(F)F. The molecule has 5 aromatic rings. The van der Waals surface area contributed by atoms with E-state index in [2.05, 4.69) is 64.3 Å². The van der Waals surface area contributed by atoms with Gasteiger partial charge in [-0.25, -0.2) is 19.6 Å². The third-order valence-corrected chi connectivity index (χ3v) is 15.0. The largest absolute Gasteiger partial charge is 0.491 e. The number of alkyl halides is 3. The number of aromatic nitrogens is 4. The number of imide groups is 1. The first-order chi connectivity index (χ1) is 33.3. The van der Waals surface area contributed by atoms with Crippen LogP contribution in [0.1, 0.15) is 112 Å². The first-order valence-corrected chi connectivity index (χ1v) is 23.9. The first kappa shape index (κ1) is 50.0. The number of benzene rings is 3. The minimum Gasteiger partial charge on any atom is -0.491 e. The molecular formula is C51H56ClF3N8O7. The average molecular weight is 986 g/mol. The maximum Gasteiger partial charge on any atom is 0.490 e. The van der Waals surface area contributed by atoms with E-state index in [-0.39, 0.29) is 18.0 Å². The molecule has 5 heterocycles. The van der Waals surface area contributed by atoms with Gasteiger partial charge in [0.25, 0.3) is 0 Å². The fourth-order valence-corrected chi connectivity index (χ4v) is 10.8. The van der Waals surface area contributed by atoms with Gasteiger partial charge in [0.15, 0.2) is 5.75 Å². The third kappa shape index (κ3) is 10.4. The molecule has 1 unspecified atom stereocenters. The summed E-state index contributed by atoms with van der Waals surface area (Å²) in [5, 5.41) is 19.7. The fraction of sp³-hybridized carbons (Fsp3) is 0.471. The Bertz CT molecular complexity index is 2870. The minimum atomic E-state index is -5.08. The summed E-state index contributed by atoms with van der Waals surface area (Å²) < 4.78 is 46.7. The smallest absolute Gasteiger partial charge is 0.490 e. The summed E-state index contributed by atoms with van der Waals surface area (Å²) in [4.78, 5) is 61.1. The number of carbonyl (C=O) groups excluding carboxylic acids is 2. The zero-order chi connectivity index (χ0) is 50.1. The Morgan fingerprint density at radius 1 is 0.943 bits per heavy atom.